The molecule has 2 fully saturated rings. The molecule has 3 rings (SSSR count). The van der Waals surface area contributed by atoms with Crippen molar-refractivity contribution in [1.29, 1.82) is 0 Å². The molecule has 2 aliphatic heterocycles. The molecule has 4 heteroatoms. The molecule has 1 spiro atoms. The van der Waals surface area contributed by atoms with Crippen molar-refractivity contribution in [2.75, 3.05) is 51.7 Å². The van der Waals surface area contributed by atoms with Gasteiger partial charge in [-0.2, -0.15) is 0 Å². The number of hydrogen-bond donors (Lipinski definition) is 0. The lowest BCUT2D eigenvalue weighted by atomic mass is 9.72. The van der Waals surface area contributed by atoms with E-state index in [0.717, 1.165) is 19.6 Å². The molecule has 0 saturated carbocycles. The van der Waals surface area contributed by atoms with E-state index >= 15 is 0 Å². The number of likely N-dealkylation sites (tertiary alicyclic amines) is 1. The number of piperidine rings is 1. The maximum atomic E-state index is 4.24. The van der Waals surface area contributed by atoms with Gasteiger partial charge >= 0.3 is 0 Å². The molecule has 0 N–H and O–H groups in total. The number of anilines is 1. The average molecular weight is 332 g/mol. The lowest BCUT2D eigenvalue weighted by Crippen LogP contribution is -2.60. The van der Waals surface area contributed by atoms with Gasteiger partial charge in [-0.3, -0.25) is 0 Å². The summed E-state index contributed by atoms with van der Waals surface area (Å²) in [5.41, 5.74) is 1.73. The van der Waals surface area contributed by atoms with Crippen LogP contribution in [0.25, 0.3) is 0 Å². The molecule has 1 aromatic heterocycles. The van der Waals surface area contributed by atoms with Crippen molar-refractivity contribution in [3.63, 3.8) is 0 Å². The highest BCUT2D eigenvalue weighted by Gasteiger charge is 2.45. The molecule has 0 radical (unpaired) electrons. The standard InChI is InChI=1S/C19H29N3S/c1-16(6-5-11-20(3)4)21-12-9-19(10-13-21)14-22(15-19)18-8-7-17(2)23-18/h5-8H,1,9-15H2,2-4H3/b6-5+. The van der Waals surface area contributed by atoms with Gasteiger partial charge in [0, 0.05) is 48.7 Å². The highest BCUT2D eigenvalue weighted by Crippen LogP contribution is 2.44. The number of thiophene rings is 1. The first-order valence-corrected chi connectivity index (χ1v) is 9.36. The van der Waals surface area contributed by atoms with Crippen LogP contribution >= 0.6 is 11.3 Å². The molecule has 2 saturated heterocycles. The van der Waals surface area contributed by atoms with Gasteiger partial charge in [0.2, 0.25) is 0 Å². The van der Waals surface area contributed by atoms with E-state index in [1.807, 2.05) is 11.3 Å². The van der Waals surface area contributed by atoms with Gasteiger partial charge in [0.1, 0.15) is 0 Å². The zero-order chi connectivity index (χ0) is 16.4. The van der Waals surface area contributed by atoms with Gasteiger partial charge in [0.05, 0.1) is 5.00 Å². The average Bonchev–Trinajstić information content (AvgIpc) is 2.90. The first kappa shape index (κ1) is 16.6. The summed E-state index contributed by atoms with van der Waals surface area (Å²) in [7, 11) is 4.18. The van der Waals surface area contributed by atoms with Gasteiger partial charge in [-0.15, -0.1) is 11.3 Å². The van der Waals surface area contributed by atoms with Crippen molar-refractivity contribution < 1.29 is 0 Å². The van der Waals surface area contributed by atoms with Crippen molar-refractivity contribution >= 4 is 16.3 Å². The molecule has 3 nitrogen and oxygen atoms in total. The second kappa shape index (κ2) is 6.70. The summed E-state index contributed by atoms with van der Waals surface area (Å²) in [6.45, 7) is 12.2. The second-order valence-electron chi connectivity index (χ2n) is 7.38. The van der Waals surface area contributed by atoms with E-state index in [-0.39, 0.29) is 0 Å². The number of nitrogens with zero attached hydrogens (tertiary/aromatic N) is 3. The summed E-state index contributed by atoms with van der Waals surface area (Å²) in [4.78, 5) is 8.59. The SMILES string of the molecule is C=C(/C=C/CN(C)C)N1CCC2(CC1)CN(c1ccc(C)s1)C2. The van der Waals surface area contributed by atoms with Gasteiger partial charge in [-0.1, -0.05) is 12.7 Å². The van der Waals surface area contributed by atoms with Crippen LogP contribution in [0.1, 0.15) is 17.7 Å². The van der Waals surface area contributed by atoms with E-state index in [1.54, 1.807) is 0 Å². The molecule has 3 heterocycles. The molecule has 0 bridgehead atoms. The largest absolute Gasteiger partial charge is 0.372 e. The number of aryl methyl sites for hydroxylation is 1. The summed E-state index contributed by atoms with van der Waals surface area (Å²) < 4.78 is 0. The van der Waals surface area contributed by atoms with Crippen molar-refractivity contribution in [3.05, 3.63) is 41.4 Å². The Kier molecular flexibility index (Phi) is 4.83. The topological polar surface area (TPSA) is 9.72 Å². The minimum Gasteiger partial charge on any atom is -0.372 e. The van der Waals surface area contributed by atoms with Crippen LogP contribution < -0.4 is 4.90 Å². The molecular weight excluding hydrogens is 302 g/mol. The van der Waals surface area contributed by atoms with E-state index in [2.05, 4.69) is 66.6 Å². The van der Waals surface area contributed by atoms with Gasteiger partial charge in [-0.05, 0) is 52.1 Å². The first-order valence-electron chi connectivity index (χ1n) is 8.54. The highest BCUT2D eigenvalue weighted by molar-refractivity contribution is 7.16. The molecule has 1 aromatic rings. The van der Waals surface area contributed by atoms with E-state index < -0.39 is 0 Å². The van der Waals surface area contributed by atoms with Crippen LogP contribution in [0.5, 0.6) is 0 Å². The van der Waals surface area contributed by atoms with Gasteiger partial charge in [-0.25, -0.2) is 0 Å². The third kappa shape index (κ3) is 3.81. The fourth-order valence-electron chi connectivity index (χ4n) is 3.60. The molecule has 2 aliphatic rings. The van der Waals surface area contributed by atoms with Crippen LogP contribution in [-0.4, -0.2) is 56.6 Å². The number of rotatable bonds is 5. The van der Waals surface area contributed by atoms with Crippen LogP contribution in [0.15, 0.2) is 36.6 Å². The van der Waals surface area contributed by atoms with Crippen molar-refractivity contribution in [3.8, 4) is 0 Å². The summed E-state index contributed by atoms with van der Waals surface area (Å²) >= 11 is 1.92. The van der Waals surface area contributed by atoms with Crippen molar-refractivity contribution in [1.82, 2.24) is 9.80 Å². The fourth-order valence-corrected chi connectivity index (χ4v) is 4.46. The zero-order valence-electron chi connectivity index (χ0n) is 14.7. The Morgan fingerprint density at radius 1 is 1.30 bits per heavy atom. The molecule has 0 atom stereocenters. The Morgan fingerprint density at radius 2 is 2.00 bits per heavy atom. The fraction of sp³-hybridized carbons (Fsp3) is 0.579. The van der Waals surface area contributed by atoms with E-state index in [4.69, 9.17) is 0 Å². The lowest BCUT2D eigenvalue weighted by Gasteiger charge is -2.55. The van der Waals surface area contributed by atoms with Gasteiger partial charge in [0.15, 0.2) is 0 Å². The molecule has 0 aromatic carbocycles. The smallest absolute Gasteiger partial charge is 0.0911 e. The van der Waals surface area contributed by atoms with Gasteiger partial charge < -0.3 is 14.7 Å². The summed E-state index contributed by atoms with van der Waals surface area (Å²) in [5, 5.41) is 1.45. The predicted octanol–water partition coefficient (Wildman–Crippen LogP) is 3.59. The Balaban J connectivity index is 1.46. The van der Waals surface area contributed by atoms with Crippen LogP contribution in [0.3, 0.4) is 0 Å². The molecule has 23 heavy (non-hydrogen) atoms. The minimum atomic E-state index is 0.558. The maximum absolute atomic E-state index is 4.24. The molecule has 0 amide bonds. The van der Waals surface area contributed by atoms with E-state index in [1.165, 1.54) is 41.5 Å². The maximum Gasteiger partial charge on any atom is 0.0911 e. The molecule has 126 valence electrons. The van der Waals surface area contributed by atoms with E-state index in [9.17, 15) is 0 Å². The predicted molar refractivity (Wildman–Crippen MR) is 101 cm³/mol. The number of allylic oxidation sites excluding steroid dienone is 1. The highest BCUT2D eigenvalue weighted by atomic mass is 32.1. The van der Waals surface area contributed by atoms with Crippen LogP contribution in [0.2, 0.25) is 0 Å². The van der Waals surface area contributed by atoms with Crippen molar-refractivity contribution in [2.45, 2.75) is 19.8 Å². The van der Waals surface area contributed by atoms with E-state index in [0.29, 0.717) is 5.41 Å². The lowest BCUT2D eigenvalue weighted by molar-refractivity contribution is 0.0968. The summed E-state index contributed by atoms with van der Waals surface area (Å²) in [5.74, 6) is 0. The summed E-state index contributed by atoms with van der Waals surface area (Å²) in [6.07, 6.45) is 6.99. The second-order valence-corrected chi connectivity index (χ2v) is 8.65. The minimum absolute atomic E-state index is 0.558. The Morgan fingerprint density at radius 3 is 2.57 bits per heavy atom. The normalized spacial score (nSPS) is 20.5. The number of hydrogen-bond acceptors (Lipinski definition) is 4. The first-order chi connectivity index (χ1) is 11.0. The molecular formula is C19H29N3S. The quantitative estimate of drug-likeness (QED) is 0.764. The van der Waals surface area contributed by atoms with Crippen LogP contribution in [-0.2, 0) is 0 Å². The Labute approximate surface area is 144 Å². The van der Waals surface area contributed by atoms with Gasteiger partial charge in [0.25, 0.3) is 0 Å². The Bertz CT molecular complexity index is 571. The molecule has 0 unspecified atom stereocenters. The van der Waals surface area contributed by atoms with Crippen LogP contribution in [0, 0.1) is 12.3 Å². The van der Waals surface area contributed by atoms with Crippen LogP contribution in [0.4, 0.5) is 5.00 Å². The molecule has 0 aliphatic carbocycles. The Hall–Kier alpha value is -1.26. The monoisotopic (exact) mass is 331 g/mol. The third-order valence-electron chi connectivity index (χ3n) is 5.10. The summed E-state index contributed by atoms with van der Waals surface area (Å²) in [6, 6.07) is 4.51. The van der Waals surface area contributed by atoms with Crippen molar-refractivity contribution in [2.24, 2.45) is 5.41 Å². The third-order valence-corrected chi connectivity index (χ3v) is 6.16. The zero-order valence-corrected chi connectivity index (χ0v) is 15.5. The number of likely N-dealkylation sites (N-methyl/N-ethyl adjacent to an activating group) is 1.